The predicted molar refractivity (Wildman–Crippen MR) is 141 cm³/mol. The van der Waals surface area contributed by atoms with E-state index in [0.29, 0.717) is 18.7 Å². The number of hydrogen-bond donors (Lipinski definition) is 1. The summed E-state index contributed by atoms with van der Waals surface area (Å²) in [5.41, 5.74) is 5.68. The lowest BCUT2D eigenvalue weighted by molar-refractivity contribution is -0.134. The number of benzene rings is 3. The van der Waals surface area contributed by atoms with Crippen LogP contribution in [0, 0.1) is 12.8 Å². The van der Waals surface area contributed by atoms with E-state index in [2.05, 4.69) is 47.5 Å². The fourth-order valence-corrected chi connectivity index (χ4v) is 4.96. The first kappa shape index (κ1) is 24.1. The zero-order chi connectivity index (χ0) is 25.1. The Morgan fingerprint density at radius 1 is 1.03 bits per heavy atom. The highest BCUT2D eigenvalue weighted by molar-refractivity contribution is 5.82. The quantitative estimate of drug-likeness (QED) is 0.471. The first-order chi connectivity index (χ1) is 17.5. The molecule has 2 amide bonds. The minimum absolute atomic E-state index is 0.125. The molecule has 1 aliphatic carbocycles. The highest BCUT2D eigenvalue weighted by Crippen LogP contribution is 2.41. The molecule has 1 N–H and O–H groups in total. The van der Waals surface area contributed by atoms with E-state index in [1.165, 1.54) is 11.1 Å². The molecular formula is C31H34N2O3. The normalized spacial score (nSPS) is 17.7. The maximum atomic E-state index is 13.2. The van der Waals surface area contributed by atoms with Crippen LogP contribution in [0.2, 0.25) is 0 Å². The number of nitrogens with zero attached hydrogens (tertiary/aromatic N) is 1. The fourth-order valence-electron chi connectivity index (χ4n) is 4.96. The Labute approximate surface area is 213 Å². The summed E-state index contributed by atoms with van der Waals surface area (Å²) in [6.45, 7) is 5.22. The van der Waals surface area contributed by atoms with Crippen molar-refractivity contribution in [2.45, 2.75) is 58.2 Å². The molecule has 36 heavy (non-hydrogen) atoms. The molecule has 0 bridgehead atoms. The van der Waals surface area contributed by atoms with Gasteiger partial charge in [0.15, 0.2) is 6.10 Å². The molecule has 0 aromatic heterocycles. The third-order valence-corrected chi connectivity index (χ3v) is 7.20. The largest absolute Gasteiger partial charge is 0.481 e. The molecule has 5 heteroatoms. The van der Waals surface area contributed by atoms with Gasteiger partial charge in [-0.05, 0) is 67.0 Å². The van der Waals surface area contributed by atoms with Crippen molar-refractivity contribution in [3.05, 3.63) is 101 Å². The van der Waals surface area contributed by atoms with Gasteiger partial charge in [0, 0.05) is 19.0 Å². The van der Waals surface area contributed by atoms with E-state index in [9.17, 15) is 9.59 Å². The average molecular weight is 483 g/mol. The first-order valence-corrected chi connectivity index (χ1v) is 13.0. The second kappa shape index (κ2) is 10.6. The predicted octanol–water partition coefficient (Wildman–Crippen LogP) is 5.35. The number of carbonyl (C=O) groups is 2. The van der Waals surface area contributed by atoms with E-state index < -0.39 is 6.10 Å². The summed E-state index contributed by atoms with van der Waals surface area (Å²) >= 11 is 0. The van der Waals surface area contributed by atoms with Crippen LogP contribution in [0.1, 0.15) is 60.0 Å². The molecular weight excluding hydrogens is 448 g/mol. The molecule has 3 aromatic rings. The van der Waals surface area contributed by atoms with Gasteiger partial charge in [-0.1, -0.05) is 73.2 Å². The standard InChI is InChI=1S/C31H34N2O3/c1-3-28(30(34)32-20-22-7-5-4-6-8-22)36-26-16-15-23-17-18-33(31(35)25-13-14-25)29(27(23)19-26)24-11-9-21(2)10-12-24/h4-12,15-16,19,25,28-29H,3,13-14,17-18,20H2,1-2H3,(H,32,34)/t28-,29-/m0/s1. The highest BCUT2D eigenvalue weighted by atomic mass is 16.5. The Hall–Kier alpha value is -3.60. The summed E-state index contributed by atoms with van der Waals surface area (Å²) < 4.78 is 6.22. The minimum Gasteiger partial charge on any atom is -0.481 e. The Morgan fingerprint density at radius 2 is 1.78 bits per heavy atom. The van der Waals surface area contributed by atoms with Gasteiger partial charge in [-0.2, -0.15) is 0 Å². The number of ether oxygens (including phenoxy) is 1. The molecule has 5 nitrogen and oxygen atoms in total. The van der Waals surface area contributed by atoms with Crippen LogP contribution in [-0.4, -0.2) is 29.4 Å². The molecule has 0 saturated heterocycles. The monoisotopic (exact) mass is 482 g/mol. The second-order valence-corrected chi connectivity index (χ2v) is 9.95. The highest BCUT2D eigenvalue weighted by Gasteiger charge is 2.39. The molecule has 2 atom stereocenters. The van der Waals surface area contributed by atoms with Crippen LogP contribution in [0.3, 0.4) is 0 Å². The van der Waals surface area contributed by atoms with Crippen molar-refractivity contribution in [3.63, 3.8) is 0 Å². The fraction of sp³-hybridized carbons (Fsp3) is 0.355. The van der Waals surface area contributed by atoms with Crippen LogP contribution in [0.5, 0.6) is 5.75 Å². The molecule has 1 saturated carbocycles. The molecule has 1 fully saturated rings. The molecule has 0 unspecified atom stereocenters. The van der Waals surface area contributed by atoms with Gasteiger partial charge in [-0.15, -0.1) is 0 Å². The molecule has 2 aliphatic rings. The number of rotatable bonds is 8. The number of fused-ring (bicyclic) bond motifs is 1. The maximum absolute atomic E-state index is 13.2. The van der Waals surface area contributed by atoms with Crippen molar-refractivity contribution in [1.29, 1.82) is 0 Å². The Balaban J connectivity index is 1.39. The summed E-state index contributed by atoms with van der Waals surface area (Å²) in [7, 11) is 0. The maximum Gasteiger partial charge on any atom is 0.261 e. The third kappa shape index (κ3) is 5.30. The molecule has 3 aromatic carbocycles. The summed E-state index contributed by atoms with van der Waals surface area (Å²) in [6.07, 6.45) is 2.78. The van der Waals surface area contributed by atoms with Gasteiger partial charge in [0.05, 0.1) is 6.04 Å². The topological polar surface area (TPSA) is 58.6 Å². The van der Waals surface area contributed by atoms with E-state index >= 15 is 0 Å². The first-order valence-electron chi connectivity index (χ1n) is 13.0. The lowest BCUT2D eigenvalue weighted by atomic mass is 9.87. The van der Waals surface area contributed by atoms with Crippen LogP contribution in [-0.2, 0) is 22.6 Å². The molecule has 1 aliphatic heterocycles. The number of amides is 2. The molecule has 5 rings (SSSR count). The van der Waals surface area contributed by atoms with E-state index in [-0.39, 0.29) is 23.8 Å². The second-order valence-electron chi connectivity index (χ2n) is 9.95. The number of hydrogen-bond acceptors (Lipinski definition) is 3. The van der Waals surface area contributed by atoms with Crippen LogP contribution < -0.4 is 10.1 Å². The van der Waals surface area contributed by atoms with Gasteiger partial charge in [0.25, 0.3) is 5.91 Å². The van der Waals surface area contributed by atoms with Gasteiger partial charge in [-0.3, -0.25) is 9.59 Å². The van der Waals surface area contributed by atoms with Crippen molar-refractivity contribution in [1.82, 2.24) is 10.2 Å². The van der Waals surface area contributed by atoms with Gasteiger partial charge in [0.1, 0.15) is 5.75 Å². The minimum atomic E-state index is -0.586. The van der Waals surface area contributed by atoms with Crippen molar-refractivity contribution in [2.75, 3.05) is 6.54 Å². The summed E-state index contributed by atoms with van der Waals surface area (Å²) in [5, 5.41) is 3.00. The lowest BCUT2D eigenvalue weighted by Crippen LogP contribution is -2.41. The lowest BCUT2D eigenvalue weighted by Gasteiger charge is -2.38. The van der Waals surface area contributed by atoms with Crippen LogP contribution in [0.4, 0.5) is 0 Å². The average Bonchev–Trinajstić information content (AvgIpc) is 3.76. The van der Waals surface area contributed by atoms with Crippen LogP contribution in [0.25, 0.3) is 0 Å². The number of carbonyl (C=O) groups excluding carboxylic acids is 2. The van der Waals surface area contributed by atoms with Crippen LogP contribution >= 0.6 is 0 Å². The van der Waals surface area contributed by atoms with E-state index in [4.69, 9.17) is 4.74 Å². The van der Waals surface area contributed by atoms with Crippen molar-refractivity contribution in [3.8, 4) is 5.75 Å². The summed E-state index contributed by atoms with van der Waals surface area (Å²) in [4.78, 5) is 28.2. The summed E-state index contributed by atoms with van der Waals surface area (Å²) in [6, 6.07) is 24.3. The molecule has 1 heterocycles. The number of nitrogens with one attached hydrogen (secondary N) is 1. The zero-order valence-electron chi connectivity index (χ0n) is 21.1. The Morgan fingerprint density at radius 3 is 2.47 bits per heavy atom. The van der Waals surface area contributed by atoms with E-state index in [1.54, 1.807) is 0 Å². The zero-order valence-corrected chi connectivity index (χ0v) is 21.1. The third-order valence-electron chi connectivity index (χ3n) is 7.20. The van der Waals surface area contributed by atoms with Gasteiger partial charge in [0.2, 0.25) is 5.91 Å². The Bertz CT molecular complexity index is 1220. The van der Waals surface area contributed by atoms with Gasteiger partial charge in [-0.25, -0.2) is 0 Å². The van der Waals surface area contributed by atoms with Crippen molar-refractivity contribution in [2.24, 2.45) is 5.92 Å². The van der Waals surface area contributed by atoms with Crippen LogP contribution in [0.15, 0.2) is 72.8 Å². The number of aryl methyl sites for hydroxylation is 1. The molecule has 0 spiro atoms. The molecule has 186 valence electrons. The van der Waals surface area contributed by atoms with Crippen molar-refractivity contribution >= 4 is 11.8 Å². The van der Waals surface area contributed by atoms with E-state index in [1.807, 2.05) is 49.4 Å². The van der Waals surface area contributed by atoms with Gasteiger partial charge < -0.3 is 15.0 Å². The smallest absolute Gasteiger partial charge is 0.261 e. The Kier molecular flexibility index (Phi) is 7.08. The SMILES string of the molecule is CC[C@H](Oc1ccc2c(c1)[C@H](c1ccc(C)cc1)N(C(=O)C1CC1)CC2)C(=O)NCc1ccccc1. The van der Waals surface area contributed by atoms with E-state index in [0.717, 1.165) is 42.5 Å². The van der Waals surface area contributed by atoms with Crippen molar-refractivity contribution < 1.29 is 14.3 Å². The summed E-state index contributed by atoms with van der Waals surface area (Å²) in [5.74, 6) is 0.953. The van der Waals surface area contributed by atoms with Gasteiger partial charge >= 0.3 is 0 Å². The molecule has 0 radical (unpaired) electrons.